The molecule has 1 aliphatic carbocycles. The third kappa shape index (κ3) is 3.14. The molecule has 0 aromatic carbocycles. The molecule has 0 unspecified atom stereocenters. The summed E-state index contributed by atoms with van der Waals surface area (Å²) < 4.78 is 22.6. The summed E-state index contributed by atoms with van der Waals surface area (Å²) in [5.41, 5.74) is 0.296. The predicted molar refractivity (Wildman–Crippen MR) is 75.5 cm³/mol. The van der Waals surface area contributed by atoms with Gasteiger partial charge in [0, 0.05) is 26.1 Å². The lowest BCUT2D eigenvalue weighted by molar-refractivity contribution is -0.115. The van der Waals surface area contributed by atoms with Crippen molar-refractivity contribution in [1.29, 1.82) is 0 Å². The first kappa shape index (κ1) is 17.6. The summed E-state index contributed by atoms with van der Waals surface area (Å²) in [4.78, 5) is 38.4. The first-order valence-electron chi connectivity index (χ1n) is 6.76. The lowest BCUT2D eigenvalue weighted by Gasteiger charge is -2.61. The van der Waals surface area contributed by atoms with E-state index in [4.69, 9.17) is 19.6 Å². The summed E-state index contributed by atoms with van der Waals surface area (Å²) in [5, 5.41) is 6.57. The van der Waals surface area contributed by atoms with Crippen LogP contribution in [-0.2, 0) is 9.13 Å². The molecule has 1 saturated carbocycles. The molecule has 0 aromatic heterocycles. The molecule has 124 valence electrons. The fraction of sp³-hybridized carbons (Fsp3) is 1.00. The topological polar surface area (TPSA) is 139 Å². The second-order valence-electron chi connectivity index (χ2n) is 7.30. The van der Waals surface area contributed by atoms with Gasteiger partial charge in [-0.1, -0.05) is 13.8 Å². The van der Waals surface area contributed by atoms with E-state index in [1.807, 2.05) is 4.90 Å². The van der Waals surface area contributed by atoms with Gasteiger partial charge in [0.2, 0.25) is 0 Å². The highest BCUT2D eigenvalue weighted by Crippen LogP contribution is 2.69. The predicted octanol–water partition coefficient (Wildman–Crippen LogP) is 0.500. The quantitative estimate of drug-likeness (QED) is 0.455. The van der Waals surface area contributed by atoms with E-state index in [0.29, 0.717) is 13.1 Å². The molecule has 0 atom stereocenters. The third-order valence-corrected chi connectivity index (χ3v) is 8.49. The van der Waals surface area contributed by atoms with Crippen molar-refractivity contribution < 1.29 is 33.8 Å². The average Bonchev–Trinajstić information content (AvgIpc) is 2.19. The van der Waals surface area contributed by atoms with E-state index in [1.54, 1.807) is 0 Å². The minimum Gasteiger partial charge on any atom is -0.367 e. The number of rotatable bonds is 5. The Hall–Kier alpha value is 0.220. The number of hydrogen-bond donors (Lipinski definition) is 5. The van der Waals surface area contributed by atoms with Crippen LogP contribution in [0, 0.1) is 10.8 Å². The molecule has 3 aliphatic rings. The van der Waals surface area contributed by atoms with Gasteiger partial charge in [0.25, 0.3) is 5.08 Å². The third-order valence-electron chi connectivity index (χ3n) is 4.61. The highest BCUT2D eigenvalue weighted by atomic mass is 31.2. The minimum absolute atomic E-state index is 0.0396. The monoisotopic (exact) mass is 343 g/mol. The van der Waals surface area contributed by atoms with Gasteiger partial charge in [-0.15, -0.1) is 0 Å². The van der Waals surface area contributed by atoms with Crippen molar-refractivity contribution in [3.63, 3.8) is 0 Å². The van der Waals surface area contributed by atoms with Crippen LogP contribution < -0.4 is 0 Å². The van der Waals surface area contributed by atoms with E-state index < -0.39 is 26.7 Å². The van der Waals surface area contributed by atoms with Crippen LogP contribution in [0.3, 0.4) is 0 Å². The molecule has 2 heterocycles. The Balaban J connectivity index is 2.07. The second-order valence-corrected chi connectivity index (χ2v) is 11.3. The van der Waals surface area contributed by atoms with Gasteiger partial charge in [-0.05, 0) is 23.7 Å². The van der Waals surface area contributed by atoms with Crippen molar-refractivity contribution in [2.75, 3.05) is 19.6 Å². The summed E-state index contributed by atoms with van der Waals surface area (Å²) in [6, 6.07) is 0. The van der Waals surface area contributed by atoms with Gasteiger partial charge in [-0.3, -0.25) is 9.13 Å². The van der Waals surface area contributed by atoms with E-state index in [2.05, 4.69) is 13.8 Å². The zero-order valence-corrected chi connectivity index (χ0v) is 13.9. The highest BCUT2D eigenvalue weighted by molar-refractivity contribution is 7.72. The standard InChI is InChI=1S/C11H23NO7P2/c1-9-5-10(2,6-9)8-12(7-9)4-3-11(13,20(14,15)16)21(17,18)19/h13H,3-8H2,1-2H3,(H2,14,15,16)(H2,17,18,19). The molecular weight excluding hydrogens is 320 g/mol. The maximum Gasteiger partial charge on any atom is 0.369 e. The normalized spacial score (nSPS) is 34.6. The van der Waals surface area contributed by atoms with Gasteiger partial charge in [0.1, 0.15) is 0 Å². The first-order chi connectivity index (χ1) is 9.20. The van der Waals surface area contributed by atoms with Gasteiger partial charge < -0.3 is 29.6 Å². The largest absolute Gasteiger partial charge is 0.369 e. The Morgan fingerprint density at radius 3 is 1.71 bits per heavy atom. The zero-order valence-electron chi connectivity index (χ0n) is 12.1. The molecule has 10 heteroatoms. The highest BCUT2D eigenvalue weighted by Gasteiger charge is 2.60. The van der Waals surface area contributed by atoms with Crippen LogP contribution in [0.15, 0.2) is 0 Å². The molecule has 8 nitrogen and oxygen atoms in total. The maximum atomic E-state index is 11.3. The van der Waals surface area contributed by atoms with Crippen molar-refractivity contribution in [2.24, 2.45) is 10.8 Å². The lowest BCUT2D eigenvalue weighted by atomic mass is 9.51. The van der Waals surface area contributed by atoms with Crippen molar-refractivity contribution in [1.82, 2.24) is 4.90 Å². The van der Waals surface area contributed by atoms with Crippen LogP contribution in [0.25, 0.3) is 0 Å². The van der Waals surface area contributed by atoms with Crippen LogP contribution in [0.4, 0.5) is 0 Å². The van der Waals surface area contributed by atoms with Crippen molar-refractivity contribution in [2.45, 2.75) is 38.2 Å². The van der Waals surface area contributed by atoms with Crippen molar-refractivity contribution >= 4 is 15.2 Å². The van der Waals surface area contributed by atoms with Crippen LogP contribution >= 0.6 is 15.2 Å². The molecule has 2 aliphatic heterocycles. The van der Waals surface area contributed by atoms with E-state index in [9.17, 15) is 14.2 Å². The number of piperidine rings is 2. The van der Waals surface area contributed by atoms with Gasteiger partial charge in [-0.25, -0.2) is 0 Å². The first-order valence-corrected chi connectivity index (χ1v) is 9.98. The van der Waals surface area contributed by atoms with Crippen molar-refractivity contribution in [3.8, 4) is 0 Å². The SMILES string of the molecule is CC12CN(CCC(O)(P(=O)(O)O)P(=O)(O)O)CC(C)(C1)C2. The molecule has 2 bridgehead atoms. The molecule has 5 N–H and O–H groups in total. The molecule has 3 rings (SSSR count). The fourth-order valence-corrected chi connectivity index (χ4v) is 6.44. The molecule has 0 radical (unpaired) electrons. The summed E-state index contributed by atoms with van der Waals surface area (Å²) >= 11 is 0. The van der Waals surface area contributed by atoms with E-state index >= 15 is 0 Å². The Morgan fingerprint density at radius 1 is 1.00 bits per heavy atom. The summed E-state index contributed by atoms with van der Waals surface area (Å²) in [7, 11) is -10.7. The molecule has 2 saturated heterocycles. The van der Waals surface area contributed by atoms with E-state index in [-0.39, 0.29) is 17.4 Å². The number of fused-ring (bicyclic) bond motifs is 2. The van der Waals surface area contributed by atoms with Gasteiger partial charge in [0.15, 0.2) is 0 Å². The van der Waals surface area contributed by atoms with Gasteiger partial charge in [-0.2, -0.15) is 0 Å². The number of aliphatic hydroxyl groups is 1. The average molecular weight is 343 g/mol. The zero-order chi connectivity index (χ0) is 16.3. The Bertz CT molecular complexity index is 481. The Kier molecular flexibility index (Phi) is 4.06. The van der Waals surface area contributed by atoms with E-state index in [1.165, 1.54) is 0 Å². The van der Waals surface area contributed by atoms with Crippen LogP contribution in [0.1, 0.15) is 33.1 Å². The summed E-state index contributed by atoms with van der Waals surface area (Å²) in [6.07, 6.45) is 1.50. The minimum atomic E-state index is -5.35. The summed E-state index contributed by atoms with van der Waals surface area (Å²) in [6.45, 7) is 5.71. The molecule has 21 heavy (non-hydrogen) atoms. The van der Waals surface area contributed by atoms with Crippen LogP contribution in [0.5, 0.6) is 0 Å². The Labute approximate surface area is 123 Å². The number of nitrogens with zero attached hydrogens (tertiary/aromatic N) is 1. The maximum absolute atomic E-state index is 11.3. The number of hydrogen-bond acceptors (Lipinski definition) is 4. The molecule has 0 spiro atoms. The lowest BCUT2D eigenvalue weighted by Crippen LogP contribution is -2.61. The second kappa shape index (κ2) is 4.86. The molecule has 0 amide bonds. The van der Waals surface area contributed by atoms with E-state index in [0.717, 1.165) is 12.8 Å². The Morgan fingerprint density at radius 2 is 1.38 bits per heavy atom. The molecule has 3 fully saturated rings. The summed E-state index contributed by atoms with van der Waals surface area (Å²) in [5.74, 6) is 0. The molecule has 0 aromatic rings. The fourth-order valence-electron chi connectivity index (χ4n) is 4.30. The van der Waals surface area contributed by atoms with Gasteiger partial charge >= 0.3 is 15.2 Å². The smallest absolute Gasteiger partial charge is 0.367 e. The van der Waals surface area contributed by atoms with Crippen molar-refractivity contribution in [3.05, 3.63) is 0 Å². The van der Waals surface area contributed by atoms with Crippen LogP contribution in [-0.4, -0.2) is 54.3 Å². The van der Waals surface area contributed by atoms with Gasteiger partial charge in [0.05, 0.1) is 0 Å². The van der Waals surface area contributed by atoms with Crippen LogP contribution in [0.2, 0.25) is 0 Å². The molecular formula is C11H23NO7P2.